The van der Waals surface area contributed by atoms with Crippen molar-refractivity contribution >= 4 is 5.91 Å². The van der Waals surface area contributed by atoms with E-state index in [1.54, 1.807) is 13.8 Å². The molecule has 0 saturated carbocycles. The number of aromatic nitrogens is 2. The van der Waals surface area contributed by atoms with Crippen molar-refractivity contribution in [2.24, 2.45) is 0 Å². The van der Waals surface area contributed by atoms with Gasteiger partial charge in [-0.15, -0.1) is 0 Å². The maximum atomic E-state index is 13.9. The Labute approximate surface area is 143 Å². The van der Waals surface area contributed by atoms with Gasteiger partial charge in [-0.2, -0.15) is 4.98 Å². The number of rotatable bonds is 4. The van der Waals surface area contributed by atoms with Gasteiger partial charge < -0.3 is 14.5 Å². The van der Waals surface area contributed by atoms with Crippen molar-refractivity contribution in [3.63, 3.8) is 0 Å². The first kappa shape index (κ1) is 17.5. The molecule has 1 saturated heterocycles. The summed E-state index contributed by atoms with van der Waals surface area (Å²) in [5.41, 5.74) is 0.277. The highest BCUT2D eigenvalue weighted by atomic mass is 19.1. The van der Waals surface area contributed by atoms with E-state index in [1.807, 2.05) is 0 Å². The average molecular weight is 351 g/mol. The number of nitrogens with zero attached hydrogens (tertiary/aromatic N) is 3. The molecule has 2 heterocycles. The molecule has 3 atom stereocenters. The summed E-state index contributed by atoms with van der Waals surface area (Å²) >= 11 is 0. The molecular weight excluding hydrogens is 332 g/mol. The van der Waals surface area contributed by atoms with E-state index >= 15 is 0 Å². The van der Waals surface area contributed by atoms with E-state index in [-0.39, 0.29) is 30.3 Å². The minimum atomic E-state index is -0.681. The quantitative estimate of drug-likeness (QED) is 0.915. The van der Waals surface area contributed by atoms with E-state index in [4.69, 9.17) is 4.52 Å². The van der Waals surface area contributed by atoms with Crippen LogP contribution in [0.25, 0.3) is 0 Å². The molecule has 0 bridgehead atoms. The zero-order valence-electron chi connectivity index (χ0n) is 13.9. The highest BCUT2D eigenvalue weighted by Crippen LogP contribution is 2.33. The highest BCUT2D eigenvalue weighted by Gasteiger charge is 2.39. The van der Waals surface area contributed by atoms with Gasteiger partial charge >= 0.3 is 0 Å². The summed E-state index contributed by atoms with van der Waals surface area (Å²) in [6.45, 7) is 3.53. The number of halogens is 2. The van der Waals surface area contributed by atoms with Crippen LogP contribution >= 0.6 is 0 Å². The molecule has 8 heteroatoms. The van der Waals surface area contributed by atoms with Gasteiger partial charge in [-0.3, -0.25) is 4.79 Å². The van der Waals surface area contributed by atoms with Crippen molar-refractivity contribution in [1.82, 2.24) is 15.0 Å². The molecule has 25 heavy (non-hydrogen) atoms. The van der Waals surface area contributed by atoms with Crippen molar-refractivity contribution in [1.29, 1.82) is 0 Å². The Morgan fingerprint density at radius 2 is 2.24 bits per heavy atom. The Balaban J connectivity index is 1.74. The van der Waals surface area contributed by atoms with Gasteiger partial charge in [0.1, 0.15) is 17.7 Å². The van der Waals surface area contributed by atoms with Crippen LogP contribution in [-0.2, 0) is 4.79 Å². The number of aliphatic hydroxyl groups excluding tert-OH is 1. The highest BCUT2D eigenvalue weighted by molar-refractivity contribution is 5.78. The average Bonchev–Trinajstić information content (AvgIpc) is 3.12. The predicted molar refractivity (Wildman–Crippen MR) is 83.5 cm³/mol. The van der Waals surface area contributed by atoms with Crippen LogP contribution in [0.3, 0.4) is 0 Å². The van der Waals surface area contributed by atoms with Gasteiger partial charge in [0.15, 0.2) is 5.82 Å². The Bertz CT molecular complexity index is 780. The molecule has 1 aromatic carbocycles. The Kier molecular flexibility index (Phi) is 4.80. The van der Waals surface area contributed by atoms with Gasteiger partial charge in [-0.1, -0.05) is 18.1 Å². The summed E-state index contributed by atoms with van der Waals surface area (Å²) in [4.78, 5) is 18.3. The van der Waals surface area contributed by atoms with E-state index < -0.39 is 29.7 Å². The molecule has 6 nitrogen and oxygen atoms in total. The second kappa shape index (κ2) is 6.87. The van der Waals surface area contributed by atoms with Crippen molar-refractivity contribution in [3.05, 3.63) is 47.1 Å². The van der Waals surface area contributed by atoms with Crippen LogP contribution in [0.2, 0.25) is 0 Å². The SMILES string of the molecule is Cc1noc([C@H]2C[C@H](O)CN2C(=O)C[C@@H](C)c2ccc(F)cc2F)n1. The van der Waals surface area contributed by atoms with Crippen molar-refractivity contribution in [2.75, 3.05) is 6.54 Å². The lowest BCUT2D eigenvalue weighted by atomic mass is 9.96. The van der Waals surface area contributed by atoms with E-state index in [1.165, 1.54) is 17.0 Å². The lowest BCUT2D eigenvalue weighted by Gasteiger charge is -2.23. The number of likely N-dealkylation sites (tertiary alicyclic amines) is 1. The van der Waals surface area contributed by atoms with Gasteiger partial charge in [0.05, 0.1) is 6.10 Å². The van der Waals surface area contributed by atoms with Crippen LogP contribution in [0.1, 0.15) is 49.0 Å². The fourth-order valence-corrected chi connectivity index (χ4v) is 3.16. The molecule has 1 aliphatic rings. The minimum Gasteiger partial charge on any atom is -0.391 e. The number of hydrogen-bond acceptors (Lipinski definition) is 5. The topological polar surface area (TPSA) is 79.5 Å². The zero-order chi connectivity index (χ0) is 18.1. The van der Waals surface area contributed by atoms with E-state index in [0.717, 1.165) is 6.07 Å². The Morgan fingerprint density at radius 1 is 1.48 bits per heavy atom. The molecule has 1 fully saturated rings. The second-order valence-corrected chi connectivity index (χ2v) is 6.40. The molecule has 1 aromatic heterocycles. The Morgan fingerprint density at radius 3 is 2.88 bits per heavy atom. The molecule has 134 valence electrons. The molecule has 1 amide bonds. The van der Waals surface area contributed by atoms with Gasteiger partial charge in [-0.25, -0.2) is 8.78 Å². The zero-order valence-corrected chi connectivity index (χ0v) is 13.9. The van der Waals surface area contributed by atoms with Gasteiger partial charge in [0, 0.05) is 25.5 Å². The molecule has 0 radical (unpaired) electrons. The first-order valence-electron chi connectivity index (χ1n) is 8.08. The van der Waals surface area contributed by atoms with Crippen molar-refractivity contribution in [3.8, 4) is 0 Å². The number of carbonyl (C=O) groups excluding carboxylic acids is 1. The molecule has 0 unspecified atom stereocenters. The fraction of sp³-hybridized carbons (Fsp3) is 0.471. The molecule has 0 spiro atoms. The fourth-order valence-electron chi connectivity index (χ4n) is 3.16. The van der Waals surface area contributed by atoms with Crippen LogP contribution < -0.4 is 0 Å². The predicted octanol–water partition coefficient (Wildman–Crippen LogP) is 2.48. The standard InChI is InChI=1S/C17H19F2N3O3/c1-9(13-4-3-11(18)6-14(13)19)5-16(24)22-8-12(23)7-15(22)17-20-10(2)21-25-17/h3-4,6,9,12,15,23H,5,7-8H2,1-2H3/t9-,12+,15-/m1/s1. The third-order valence-corrected chi connectivity index (χ3v) is 4.40. The van der Waals surface area contributed by atoms with Crippen molar-refractivity contribution < 1.29 is 23.2 Å². The maximum Gasteiger partial charge on any atom is 0.249 e. The molecule has 2 aromatic rings. The van der Waals surface area contributed by atoms with E-state index in [9.17, 15) is 18.7 Å². The number of β-amino-alcohol motifs (C(OH)–C–C–N with tert-alkyl or cyclic N) is 1. The van der Waals surface area contributed by atoms with Crippen LogP contribution in [0.5, 0.6) is 0 Å². The van der Waals surface area contributed by atoms with Crippen molar-refractivity contribution in [2.45, 2.75) is 44.8 Å². The van der Waals surface area contributed by atoms with Gasteiger partial charge in [0.2, 0.25) is 11.8 Å². The number of aryl methyl sites for hydroxylation is 1. The Hall–Kier alpha value is -2.35. The minimum absolute atomic E-state index is 0.0267. The monoisotopic (exact) mass is 351 g/mol. The smallest absolute Gasteiger partial charge is 0.249 e. The molecular formula is C17H19F2N3O3. The number of hydrogen-bond donors (Lipinski definition) is 1. The van der Waals surface area contributed by atoms with Crippen LogP contribution in [0.4, 0.5) is 8.78 Å². The summed E-state index contributed by atoms with van der Waals surface area (Å²) < 4.78 is 32.1. The molecule has 0 aliphatic carbocycles. The third kappa shape index (κ3) is 3.68. The number of amides is 1. The summed E-state index contributed by atoms with van der Waals surface area (Å²) in [6, 6.07) is 2.83. The van der Waals surface area contributed by atoms with Gasteiger partial charge in [-0.05, 0) is 24.5 Å². The summed E-state index contributed by atoms with van der Waals surface area (Å²) in [7, 11) is 0. The van der Waals surface area contributed by atoms with E-state index in [0.29, 0.717) is 12.2 Å². The summed E-state index contributed by atoms with van der Waals surface area (Å²) in [5, 5.41) is 13.6. The number of benzene rings is 1. The first-order valence-corrected chi connectivity index (χ1v) is 8.08. The van der Waals surface area contributed by atoms with Crippen LogP contribution in [-0.4, -0.2) is 38.7 Å². The summed E-state index contributed by atoms with van der Waals surface area (Å²) in [5.74, 6) is -1.29. The number of aliphatic hydroxyl groups is 1. The normalized spacial score (nSPS) is 21.6. The lowest BCUT2D eigenvalue weighted by molar-refractivity contribution is -0.133. The lowest BCUT2D eigenvalue weighted by Crippen LogP contribution is -2.32. The number of carbonyl (C=O) groups is 1. The maximum absolute atomic E-state index is 13.9. The van der Waals surface area contributed by atoms with Crippen LogP contribution in [0, 0.1) is 18.6 Å². The van der Waals surface area contributed by atoms with Crippen LogP contribution in [0.15, 0.2) is 22.7 Å². The molecule has 3 rings (SSSR count). The third-order valence-electron chi connectivity index (χ3n) is 4.40. The summed E-state index contributed by atoms with van der Waals surface area (Å²) in [6.07, 6.45) is -0.343. The molecule has 1 aliphatic heterocycles. The first-order chi connectivity index (χ1) is 11.8. The van der Waals surface area contributed by atoms with E-state index in [2.05, 4.69) is 10.1 Å². The second-order valence-electron chi connectivity index (χ2n) is 6.40. The largest absolute Gasteiger partial charge is 0.391 e. The van der Waals surface area contributed by atoms with Gasteiger partial charge in [0.25, 0.3) is 0 Å². The molecule has 1 N–H and O–H groups in total.